The molecule has 0 spiro atoms. The number of piperidine rings is 1. The molecule has 0 bridgehead atoms. The molecule has 4 rings (SSSR count). The Bertz CT molecular complexity index is 1010. The van der Waals surface area contributed by atoms with Gasteiger partial charge in [0, 0.05) is 19.3 Å². The van der Waals surface area contributed by atoms with Gasteiger partial charge in [0.1, 0.15) is 0 Å². The lowest BCUT2D eigenvalue weighted by Crippen LogP contribution is -2.35. The van der Waals surface area contributed by atoms with E-state index in [1.54, 1.807) is 0 Å². The summed E-state index contributed by atoms with van der Waals surface area (Å²) >= 11 is 0. The Hall–Kier alpha value is -2.94. The highest BCUT2D eigenvalue weighted by Gasteiger charge is 2.26. The van der Waals surface area contributed by atoms with Crippen molar-refractivity contribution >= 4 is 5.69 Å². The van der Waals surface area contributed by atoms with E-state index in [1.165, 1.54) is 16.8 Å². The first-order valence-corrected chi connectivity index (χ1v) is 10.5. The van der Waals surface area contributed by atoms with Gasteiger partial charge in [0.05, 0.1) is 24.7 Å². The first kappa shape index (κ1) is 20.3. The summed E-state index contributed by atoms with van der Waals surface area (Å²) in [4.78, 5) is 10.3. The maximum atomic E-state index is 10.8. The molecule has 1 aliphatic heterocycles. The lowest BCUT2D eigenvalue weighted by molar-refractivity contribution is 0.0561. The van der Waals surface area contributed by atoms with E-state index in [0.717, 1.165) is 44.6 Å². The minimum Gasteiger partial charge on any atom is -0.388 e. The van der Waals surface area contributed by atoms with Crippen molar-refractivity contribution in [1.82, 2.24) is 14.5 Å². The van der Waals surface area contributed by atoms with Crippen LogP contribution in [0.4, 0.5) is 5.69 Å². The van der Waals surface area contributed by atoms with E-state index in [-0.39, 0.29) is 6.10 Å². The molecule has 5 heteroatoms. The molecule has 0 aliphatic carbocycles. The number of benzene rings is 2. The fourth-order valence-corrected chi connectivity index (χ4v) is 4.28. The maximum Gasteiger partial charge on any atom is 0.187 e. The first-order valence-electron chi connectivity index (χ1n) is 10.5. The molecule has 1 unspecified atom stereocenters. The minimum absolute atomic E-state index is 0.314. The topological polar surface area (TPSA) is 45.7 Å². The summed E-state index contributed by atoms with van der Waals surface area (Å²) < 4.78 is 2.18. The van der Waals surface area contributed by atoms with E-state index in [4.69, 9.17) is 6.57 Å². The van der Waals surface area contributed by atoms with Gasteiger partial charge in [-0.1, -0.05) is 54.1 Å². The maximum absolute atomic E-state index is 10.8. The summed E-state index contributed by atoms with van der Waals surface area (Å²) in [5, 5.41) is 10.8. The van der Waals surface area contributed by atoms with Crippen molar-refractivity contribution in [3.8, 4) is 0 Å². The van der Waals surface area contributed by atoms with Crippen LogP contribution < -0.4 is 0 Å². The van der Waals surface area contributed by atoms with E-state index < -0.39 is 0 Å². The van der Waals surface area contributed by atoms with E-state index in [2.05, 4.69) is 38.4 Å². The zero-order valence-corrected chi connectivity index (χ0v) is 17.4. The largest absolute Gasteiger partial charge is 0.388 e. The van der Waals surface area contributed by atoms with Crippen molar-refractivity contribution in [2.24, 2.45) is 5.92 Å². The zero-order valence-electron chi connectivity index (χ0n) is 17.4. The first-order chi connectivity index (χ1) is 14.6. The lowest BCUT2D eigenvalue weighted by Gasteiger charge is -2.34. The number of likely N-dealkylation sites (tertiary alicyclic amines) is 1. The van der Waals surface area contributed by atoms with Crippen LogP contribution in [0.5, 0.6) is 0 Å². The van der Waals surface area contributed by atoms with Crippen LogP contribution in [-0.4, -0.2) is 32.6 Å². The molecule has 1 N–H and O–H groups in total. The molecule has 1 aromatic heterocycles. The van der Waals surface area contributed by atoms with Crippen LogP contribution in [0.15, 0.2) is 61.1 Å². The number of aromatic nitrogens is 2. The van der Waals surface area contributed by atoms with Crippen molar-refractivity contribution in [3.05, 3.63) is 94.9 Å². The van der Waals surface area contributed by atoms with E-state index in [9.17, 15) is 5.11 Å². The zero-order chi connectivity index (χ0) is 20.9. The lowest BCUT2D eigenvalue weighted by atomic mass is 9.87. The molecule has 0 amide bonds. The summed E-state index contributed by atoms with van der Waals surface area (Å²) in [7, 11) is 0. The molecule has 3 aromatic rings. The Labute approximate surface area is 178 Å². The van der Waals surface area contributed by atoms with Crippen LogP contribution >= 0.6 is 0 Å². The summed E-state index contributed by atoms with van der Waals surface area (Å²) in [6, 6.07) is 16.0. The van der Waals surface area contributed by atoms with E-state index >= 15 is 0 Å². The number of aliphatic hydroxyl groups is 1. The molecule has 2 heterocycles. The highest BCUT2D eigenvalue weighted by Crippen LogP contribution is 2.31. The fraction of sp³-hybridized carbons (Fsp3) is 0.360. The average molecular weight is 401 g/mol. The van der Waals surface area contributed by atoms with Crippen LogP contribution in [0.1, 0.15) is 41.3 Å². The molecule has 5 nitrogen and oxygen atoms in total. The summed E-state index contributed by atoms with van der Waals surface area (Å²) in [5.74, 6) is 0.314. The predicted molar refractivity (Wildman–Crippen MR) is 118 cm³/mol. The molecule has 1 atom stereocenters. The van der Waals surface area contributed by atoms with Crippen LogP contribution in [0, 0.1) is 19.4 Å². The van der Waals surface area contributed by atoms with Crippen molar-refractivity contribution in [3.63, 3.8) is 0 Å². The normalized spacial score (nSPS) is 16.3. The fourth-order valence-electron chi connectivity index (χ4n) is 4.28. The minimum atomic E-state index is -0.379. The molecule has 154 valence electrons. The number of hydrogen-bond donors (Lipinski definition) is 1. The number of nitrogens with zero attached hydrogens (tertiary/aromatic N) is 4. The van der Waals surface area contributed by atoms with Gasteiger partial charge in [0.2, 0.25) is 0 Å². The highest BCUT2D eigenvalue weighted by atomic mass is 16.3. The molecule has 1 aliphatic rings. The van der Waals surface area contributed by atoms with Crippen LogP contribution in [0.3, 0.4) is 0 Å². The van der Waals surface area contributed by atoms with Crippen molar-refractivity contribution in [2.75, 3.05) is 13.1 Å². The quantitative estimate of drug-likeness (QED) is 0.608. The molecular formula is C25H28N4O. The van der Waals surface area contributed by atoms with Gasteiger partial charge in [-0.15, -0.1) is 0 Å². The smallest absolute Gasteiger partial charge is 0.187 e. The molecule has 1 fully saturated rings. The van der Waals surface area contributed by atoms with E-state index in [0.29, 0.717) is 11.6 Å². The van der Waals surface area contributed by atoms with E-state index in [1.807, 2.05) is 48.9 Å². The highest BCUT2D eigenvalue weighted by molar-refractivity contribution is 5.45. The summed E-state index contributed by atoms with van der Waals surface area (Å²) in [6.45, 7) is 12.7. The van der Waals surface area contributed by atoms with Gasteiger partial charge in [-0.3, -0.25) is 4.90 Å². The molecule has 0 saturated carbocycles. The van der Waals surface area contributed by atoms with Crippen molar-refractivity contribution < 1.29 is 5.11 Å². The van der Waals surface area contributed by atoms with Gasteiger partial charge >= 0.3 is 0 Å². The second-order valence-corrected chi connectivity index (χ2v) is 8.26. The third kappa shape index (κ3) is 4.79. The van der Waals surface area contributed by atoms with Gasteiger partial charge in [-0.2, -0.15) is 0 Å². The average Bonchev–Trinajstić information content (AvgIpc) is 3.21. The Morgan fingerprint density at radius 1 is 1.13 bits per heavy atom. The molecule has 30 heavy (non-hydrogen) atoms. The predicted octanol–water partition coefficient (Wildman–Crippen LogP) is 4.74. The summed E-state index contributed by atoms with van der Waals surface area (Å²) in [6.07, 6.45) is 5.45. The van der Waals surface area contributed by atoms with Crippen molar-refractivity contribution in [2.45, 2.75) is 39.0 Å². The number of hydrogen-bond acceptors (Lipinski definition) is 3. The number of aliphatic hydroxyl groups excluding tert-OH is 1. The Morgan fingerprint density at radius 2 is 1.90 bits per heavy atom. The Balaban J connectivity index is 1.33. The third-order valence-corrected chi connectivity index (χ3v) is 6.06. The molecule has 0 radical (unpaired) electrons. The summed E-state index contributed by atoms with van der Waals surface area (Å²) in [5.41, 5.74) is 5.26. The van der Waals surface area contributed by atoms with Crippen molar-refractivity contribution in [1.29, 1.82) is 0 Å². The van der Waals surface area contributed by atoms with Gasteiger partial charge in [0.15, 0.2) is 5.69 Å². The SMILES string of the molecule is [C-]#[N+]c1ccc(Cn2cncc2CN2CCC(C(O)c3cccc(C)c3)CC2)cc1. The Morgan fingerprint density at radius 3 is 2.60 bits per heavy atom. The van der Waals surface area contributed by atoms with Gasteiger partial charge in [0.25, 0.3) is 0 Å². The van der Waals surface area contributed by atoms with Crippen LogP contribution in [0.2, 0.25) is 0 Å². The molecule has 1 saturated heterocycles. The second kappa shape index (κ2) is 9.25. The van der Waals surface area contributed by atoms with Gasteiger partial charge in [-0.05, 0) is 49.9 Å². The number of rotatable bonds is 6. The number of aryl methyl sites for hydroxylation is 1. The Kier molecular flexibility index (Phi) is 6.27. The van der Waals surface area contributed by atoms with Gasteiger partial charge < -0.3 is 9.67 Å². The van der Waals surface area contributed by atoms with Crippen LogP contribution in [0.25, 0.3) is 4.85 Å². The van der Waals surface area contributed by atoms with Crippen LogP contribution in [-0.2, 0) is 13.1 Å². The van der Waals surface area contributed by atoms with Gasteiger partial charge in [-0.25, -0.2) is 9.83 Å². The third-order valence-electron chi connectivity index (χ3n) is 6.06. The number of imidazole rings is 1. The standard InChI is InChI=1S/C25H28N4O/c1-19-4-3-5-22(14-19)25(30)21-10-12-28(13-11-21)17-24-15-27-18-29(24)16-20-6-8-23(26-2)9-7-20/h3-9,14-15,18,21,25,30H,10-13,16-17H2,1H3. The molecule has 2 aromatic carbocycles. The monoisotopic (exact) mass is 400 g/mol. The second-order valence-electron chi connectivity index (χ2n) is 8.26. The molecular weight excluding hydrogens is 372 g/mol.